The number of hydrogen-bond acceptors (Lipinski definition) is 7. The van der Waals surface area contributed by atoms with Gasteiger partial charge in [0.1, 0.15) is 11.5 Å². The number of hydrogen-bond donors (Lipinski definition) is 1. The molecule has 0 aliphatic carbocycles. The van der Waals surface area contributed by atoms with Gasteiger partial charge in [-0.3, -0.25) is 19.8 Å². The molecule has 0 bridgehead atoms. The van der Waals surface area contributed by atoms with Gasteiger partial charge in [-0.15, -0.1) is 0 Å². The van der Waals surface area contributed by atoms with Gasteiger partial charge in [0.15, 0.2) is 5.17 Å². The van der Waals surface area contributed by atoms with E-state index < -0.39 is 10.9 Å². The van der Waals surface area contributed by atoms with Crippen LogP contribution in [0.2, 0.25) is 0 Å². The van der Waals surface area contributed by atoms with E-state index in [-0.39, 0.29) is 17.2 Å². The summed E-state index contributed by atoms with van der Waals surface area (Å²) in [7, 11) is 0. The molecule has 0 radical (unpaired) electrons. The van der Waals surface area contributed by atoms with Crippen LogP contribution in [-0.2, 0) is 4.79 Å². The van der Waals surface area contributed by atoms with Crippen LogP contribution in [0.3, 0.4) is 0 Å². The number of nitrogens with zero attached hydrogens (tertiary/aromatic N) is 3. The normalized spacial score (nSPS) is 15.9. The van der Waals surface area contributed by atoms with Crippen molar-refractivity contribution in [2.24, 2.45) is 4.99 Å². The average Bonchev–Trinajstić information content (AvgIpc) is 3.38. The number of carbonyl (C=O) groups excluding carboxylic acids is 1. The Balaban J connectivity index is 1.61. The molecule has 0 saturated carbocycles. The third-order valence-electron chi connectivity index (χ3n) is 5.11. The van der Waals surface area contributed by atoms with Gasteiger partial charge in [-0.05, 0) is 67.6 Å². The number of amides is 1. The van der Waals surface area contributed by atoms with E-state index in [9.17, 15) is 24.8 Å². The fourth-order valence-corrected chi connectivity index (χ4v) is 4.47. The number of carbonyl (C=O) groups is 2. The number of likely N-dealkylation sites (N-methyl/N-ethyl adjacent to an activating group) is 1. The molecule has 0 atom stereocenters. The van der Waals surface area contributed by atoms with E-state index in [1.807, 2.05) is 6.92 Å². The smallest absolute Gasteiger partial charge is 0.335 e. The number of non-ortho nitro benzene ring substituents is 1. The summed E-state index contributed by atoms with van der Waals surface area (Å²) in [4.78, 5) is 41.0. The quantitative estimate of drug-likeness (QED) is 0.283. The number of aromatic carboxylic acids is 1. The number of nitro groups is 1. The monoisotopic (exact) mass is 477 g/mol. The maximum Gasteiger partial charge on any atom is 0.335 e. The molecule has 2 heterocycles. The summed E-state index contributed by atoms with van der Waals surface area (Å²) in [5.74, 6) is -0.303. The second kappa shape index (κ2) is 9.36. The van der Waals surface area contributed by atoms with Gasteiger partial charge in [-0.2, -0.15) is 0 Å². The SMILES string of the molecule is CCN1C(=O)/C(=C\c2ccc(-c3ccc([N+](=O)[O-])cc3C)o2)SC1=Nc1cccc(C(=O)O)c1. The van der Waals surface area contributed by atoms with Gasteiger partial charge in [0, 0.05) is 30.3 Å². The summed E-state index contributed by atoms with van der Waals surface area (Å²) in [5, 5.41) is 20.6. The highest BCUT2D eigenvalue weighted by Gasteiger charge is 2.32. The van der Waals surface area contributed by atoms with Crippen LogP contribution in [0.5, 0.6) is 0 Å². The van der Waals surface area contributed by atoms with Gasteiger partial charge < -0.3 is 9.52 Å². The minimum absolute atomic E-state index is 0.00321. The highest BCUT2D eigenvalue weighted by Crippen LogP contribution is 2.35. The fraction of sp³-hybridized carbons (Fsp3) is 0.125. The number of furan rings is 1. The van der Waals surface area contributed by atoms with Crippen LogP contribution in [-0.4, -0.2) is 38.5 Å². The van der Waals surface area contributed by atoms with Crippen molar-refractivity contribution in [2.45, 2.75) is 13.8 Å². The first-order valence-electron chi connectivity index (χ1n) is 10.3. The lowest BCUT2D eigenvalue weighted by Crippen LogP contribution is -2.28. The van der Waals surface area contributed by atoms with E-state index in [0.29, 0.717) is 39.4 Å². The lowest BCUT2D eigenvalue weighted by molar-refractivity contribution is -0.384. The average molecular weight is 477 g/mol. The molecule has 1 aromatic heterocycles. The molecule has 2 aromatic carbocycles. The van der Waals surface area contributed by atoms with Crippen molar-refractivity contribution in [3.8, 4) is 11.3 Å². The van der Waals surface area contributed by atoms with Crippen molar-refractivity contribution in [3.05, 3.63) is 86.5 Å². The summed E-state index contributed by atoms with van der Waals surface area (Å²) in [6, 6.07) is 14.2. The molecule has 1 saturated heterocycles. The molecule has 1 amide bonds. The van der Waals surface area contributed by atoms with Crippen molar-refractivity contribution in [3.63, 3.8) is 0 Å². The Bertz CT molecular complexity index is 1370. The number of benzene rings is 2. The molecule has 9 nitrogen and oxygen atoms in total. The predicted octanol–water partition coefficient (Wildman–Crippen LogP) is 5.49. The number of carboxylic acids is 1. The Kier molecular flexibility index (Phi) is 6.33. The molecule has 0 unspecified atom stereocenters. The van der Waals surface area contributed by atoms with Crippen LogP contribution < -0.4 is 0 Å². The molecule has 10 heteroatoms. The minimum Gasteiger partial charge on any atom is -0.478 e. The first kappa shape index (κ1) is 23.0. The van der Waals surface area contributed by atoms with Crippen molar-refractivity contribution in [1.29, 1.82) is 0 Å². The largest absolute Gasteiger partial charge is 0.478 e. The van der Waals surface area contributed by atoms with E-state index in [1.165, 1.54) is 40.9 Å². The first-order valence-corrected chi connectivity index (χ1v) is 11.1. The number of aliphatic imine (C=N–C) groups is 1. The minimum atomic E-state index is -1.05. The number of amidine groups is 1. The summed E-state index contributed by atoms with van der Waals surface area (Å²) in [6.07, 6.45) is 1.62. The molecule has 1 N–H and O–H groups in total. The van der Waals surface area contributed by atoms with Crippen LogP contribution in [0, 0.1) is 17.0 Å². The molecule has 1 aliphatic rings. The zero-order valence-electron chi connectivity index (χ0n) is 18.2. The van der Waals surface area contributed by atoms with Crippen LogP contribution in [0.4, 0.5) is 11.4 Å². The van der Waals surface area contributed by atoms with Crippen molar-refractivity contribution in [1.82, 2.24) is 4.90 Å². The molecule has 4 rings (SSSR count). The van der Waals surface area contributed by atoms with Gasteiger partial charge in [0.2, 0.25) is 0 Å². The number of thioether (sulfide) groups is 1. The molecule has 1 aliphatic heterocycles. The molecular formula is C24H19N3O6S. The molecule has 1 fully saturated rings. The van der Waals surface area contributed by atoms with Gasteiger partial charge >= 0.3 is 5.97 Å². The van der Waals surface area contributed by atoms with Gasteiger partial charge in [-0.25, -0.2) is 9.79 Å². The second-order valence-corrected chi connectivity index (χ2v) is 8.38. The highest BCUT2D eigenvalue weighted by atomic mass is 32.2. The fourth-order valence-electron chi connectivity index (χ4n) is 3.43. The topological polar surface area (TPSA) is 126 Å². The number of aryl methyl sites for hydroxylation is 1. The standard InChI is InChI=1S/C24H19N3O6S/c1-3-26-22(28)21(34-24(26)25-16-6-4-5-15(12-16)23(29)30)13-18-8-10-20(33-18)19-9-7-17(27(31)32)11-14(19)2/h4-13H,3H2,1-2H3,(H,29,30)/b21-13+,25-24?. The Hall–Kier alpha value is -4.18. The van der Waals surface area contributed by atoms with Crippen molar-refractivity contribution < 1.29 is 24.0 Å². The number of carboxylic acid groups (broad SMARTS) is 1. The van der Waals surface area contributed by atoms with E-state index in [0.717, 1.165) is 5.56 Å². The highest BCUT2D eigenvalue weighted by molar-refractivity contribution is 8.18. The van der Waals surface area contributed by atoms with Crippen molar-refractivity contribution >= 4 is 46.3 Å². The maximum absolute atomic E-state index is 12.9. The Morgan fingerprint density at radius 3 is 2.71 bits per heavy atom. The summed E-state index contributed by atoms with van der Waals surface area (Å²) < 4.78 is 5.89. The van der Waals surface area contributed by atoms with Crippen LogP contribution in [0.1, 0.15) is 28.6 Å². The predicted molar refractivity (Wildman–Crippen MR) is 129 cm³/mol. The lowest BCUT2D eigenvalue weighted by Gasteiger charge is -2.12. The van der Waals surface area contributed by atoms with E-state index in [4.69, 9.17) is 4.42 Å². The third-order valence-corrected chi connectivity index (χ3v) is 6.12. The van der Waals surface area contributed by atoms with Gasteiger partial charge in [-0.1, -0.05) is 6.07 Å². The van der Waals surface area contributed by atoms with Crippen LogP contribution >= 0.6 is 11.8 Å². The van der Waals surface area contributed by atoms with Gasteiger partial charge in [0.25, 0.3) is 11.6 Å². The molecular weight excluding hydrogens is 458 g/mol. The second-order valence-electron chi connectivity index (χ2n) is 7.37. The Morgan fingerprint density at radius 1 is 1.24 bits per heavy atom. The summed E-state index contributed by atoms with van der Waals surface area (Å²) in [5.41, 5.74) is 1.97. The lowest BCUT2D eigenvalue weighted by atomic mass is 10.1. The summed E-state index contributed by atoms with van der Waals surface area (Å²) >= 11 is 1.17. The first-order chi connectivity index (χ1) is 16.3. The molecule has 3 aromatic rings. The molecule has 172 valence electrons. The van der Waals surface area contributed by atoms with Crippen LogP contribution in [0.15, 0.2) is 68.9 Å². The summed E-state index contributed by atoms with van der Waals surface area (Å²) in [6.45, 7) is 3.99. The third kappa shape index (κ3) is 4.62. The van der Waals surface area contributed by atoms with E-state index in [2.05, 4.69) is 4.99 Å². The Morgan fingerprint density at radius 2 is 2.03 bits per heavy atom. The van der Waals surface area contributed by atoms with Gasteiger partial charge in [0.05, 0.1) is 21.1 Å². The maximum atomic E-state index is 12.9. The van der Waals surface area contributed by atoms with Crippen molar-refractivity contribution in [2.75, 3.05) is 6.54 Å². The van der Waals surface area contributed by atoms with E-state index >= 15 is 0 Å². The Labute approximate surface area is 198 Å². The number of rotatable bonds is 6. The zero-order chi connectivity index (χ0) is 24.4. The molecule has 34 heavy (non-hydrogen) atoms. The zero-order valence-corrected chi connectivity index (χ0v) is 19.0. The number of nitro benzene ring substituents is 1. The molecule has 0 spiro atoms. The van der Waals surface area contributed by atoms with E-state index in [1.54, 1.807) is 43.3 Å². The van der Waals surface area contributed by atoms with Crippen LogP contribution in [0.25, 0.3) is 17.4 Å².